The summed E-state index contributed by atoms with van der Waals surface area (Å²) in [7, 11) is 0. The molecule has 0 atom stereocenters. The van der Waals surface area contributed by atoms with Crippen LogP contribution in [0.4, 0.5) is 0 Å². The molecule has 88 valence electrons. The minimum absolute atomic E-state index is 0.117. The third-order valence-corrected chi connectivity index (χ3v) is 3.49. The molecule has 4 nitrogen and oxygen atoms in total. The fourth-order valence-corrected chi connectivity index (χ4v) is 2.33. The van der Waals surface area contributed by atoms with Gasteiger partial charge >= 0.3 is 0 Å². The molecule has 0 aliphatic heterocycles. The lowest BCUT2D eigenvalue weighted by Crippen LogP contribution is -2.38. The highest BCUT2D eigenvalue weighted by molar-refractivity contribution is 5.82. The van der Waals surface area contributed by atoms with Crippen molar-refractivity contribution in [3.8, 4) is 0 Å². The average Bonchev–Trinajstić information content (AvgIpc) is 2.90. The molecule has 0 aromatic carbocycles. The lowest BCUT2D eigenvalue weighted by atomic mass is 9.88. The van der Waals surface area contributed by atoms with Crippen LogP contribution in [0.3, 0.4) is 0 Å². The number of H-pyrrole nitrogens is 1. The smallest absolute Gasteiger partial charge is 0.225 e. The first-order chi connectivity index (χ1) is 7.71. The topological polar surface area (TPSA) is 57.8 Å². The van der Waals surface area contributed by atoms with Gasteiger partial charge in [-0.05, 0) is 12.8 Å². The molecule has 1 aromatic heterocycles. The van der Waals surface area contributed by atoms with Crippen LogP contribution in [0.1, 0.15) is 38.3 Å². The first-order valence-electron chi connectivity index (χ1n) is 5.96. The van der Waals surface area contributed by atoms with Gasteiger partial charge in [0.2, 0.25) is 5.91 Å². The van der Waals surface area contributed by atoms with Crippen LogP contribution in [-0.2, 0) is 11.2 Å². The summed E-state index contributed by atoms with van der Waals surface area (Å²) in [5, 5.41) is 3.02. The van der Waals surface area contributed by atoms with Gasteiger partial charge in [-0.1, -0.05) is 19.8 Å². The predicted octanol–water partition coefficient (Wildman–Crippen LogP) is 1.65. The number of nitrogens with zero attached hydrogens (tertiary/aromatic N) is 1. The second kappa shape index (κ2) is 4.68. The Balaban J connectivity index is 1.75. The lowest BCUT2D eigenvalue weighted by molar-refractivity contribution is -0.129. The summed E-state index contributed by atoms with van der Waals surface area (Å²) < 4.78 is 0. The van der Waals surface area contributed by atoms with Crippen molar-refractivity contribution in [1.82, 2.24) is 15.3 Å². The zero-order valence-corrected chi connectivity index (χ0v) is 9.75. The number of imidazole rings is 1. The second-order valence-corrected chi connectivity index (χ2v) is 4.85. The summed E-state index contributed by atoms with van der Waals surface area (Å²) in [5.41, 5.74) is 0.949. The molecular weight excluding hydrogens is 202 g/mol. The van der Waals surface area contributed by atoms with Gasteiger partial charge in [0.1, 0.15) is 0 Å². The SMILES string of the molecule is CC1(C(=O)NCCc2cnc[nH]2)CCCC1. The molecule has 0 spiro atoms. The number of hydrogen-bond donors (Lipinski definition) is 2. The zero-order valence-electron chi connectivity index (χ0n) is 9.75. The van der Waals surface area contributed by atoms with E-state index in [-0.39, 0.29) is 11.3 Å². The molecule has 0 unspecified atom stereocenters. The van der Waals surface area contributed by atoms with Gasteiger partial charge in [0.25, 0.3) is 0 Å². The highest BCUT2D eigenvalue weighted by atomic mass is 16.2. The van der Waals surface area contributed by atoms with E-state index in [2.05, 4.69) is 22.2 Å². The molecule has 1 aromatic rings. The molecule has 0 saturated heterocycles. The van der Waals surface area contributed by atoms with Gasteiger partial charge in [0.05, 0.1) is 6.33 Å². The van der Waals surface area contributed by atoms with Gasteiger partial charge in [-0.25, -0.2) is 4.98 Å². The number of amides is 1. The molecule has 2 rings (SSSR count). The Bertz CT molecular complexity index is 339. The molecular formula is C12H19N3O. The van der Waals surface area contributed by atoms with Crippen LogP contribution in [0.2, 0.25) is 0 Å². The summed E-state index contributed by atoms with van der Waals surface area (Å²) in [4.78, 5) is 18.9. The maximum absolute atomic E-state index is 12.0. The first kappa shape index (κ1) is 11.2. The summed E-state index contributed by atoms with van der Waals surface area (Å²) >= 11 is 0. The standard InChI is InChI=1S/C12H19N3O/c1-12(5-2-3-6-12)11(16)14-7-4-10-8-13-9-15-10/h8-9H,2-7H2,1H3,(H,13,15)(H,14,16). The zero-order chi connectivity index (χ0) is 11.4. The number of nitrogens with one attached hydrogen (secondary N) is 2. The van der Waals surface area contributed by atoms with Crippen LogP contribution in [0, 0.1) is 5.41 Å². The maximum atomic E-state index is 12.0. The van der Waals surface area contributed by atoms with Crippen molar-refractivity contribution >= 4 is 5.91 Å². The van der Waals surface area contributed by atoms with Crippen molar-refractivity contribution in [3.05, 3.63) is 18.2 Å². The Kier molecular flexibility index (Phi) is 3.27. The van der Waals surface area contributed by atoms with Crippen molar-refractivity contribution < 1.29 is 4.79 Å². The van der Waals surface area contributed by atoms with Crippen LogP contribution in [0.15, 0.2) is 12.5 Å². The predicted molar refractivity (Wildman–Crippen MR) is 61.9 cm³/mol. The second-order valence-electron chi connectivity index (χ2n) is 4.85. The van der Waals surface area contributed by atoms with Crippen LogP contribution < -0.4 is 5.32 Å². The molecule has 0 bridgehead atoms. The molecule has 4 heteroatoms. The number of hydrogen-bond acceptors (Lipinski definition) is 2. The highest BCUT2D eigenvalue weighted by Crippen LogP contribution is 2.37. The van der Waals surface area contributed by atoms with E-state index in [4.69, 9.17) is 0 Å². The van der Waals surface area contributed by atoms with E-state index >= 15 is 0 Å². The molecule has 1 heterocycles. The Morgan fingerprint density at radius 1 is 1.56 bits per heavy atom. The quantitative estimate of drug-likeness (QED) is 0.812. The van der Waals surface area contributed by atoms with Crippen molar-refractivity contribution in [2.75, 3.05) is 6.54 Å². The Labute approximate surface area is 95.9 Å². The van der Waals surface area contributed by atoms with Crippen LogP contribution >= 0.6 is 0 Å². The number of carbonyl (C=O) groups excluding carboxylic acids is 1. The third kappa shape index (κ3) is 2.43. The van der Waals surface area contributed by atoms with E-state index < -0.39 is 0 Å². The summed E-state index contributed by atoms with van der Waals surface area (Å²) in [5.74, 6) is 0.213. The number of aromatic amines is 1. The van der Waals surface area contributed by atoms with Gasteiger partial charge in [-0.3, -0.25) is 4.79 Å². The molecule has 1 aliphatic rings. The minimum atomic E-state index is -0.117. The molecule has 16 heavy (non-hydrogen) atoms. The Morgan fingerprint density at radius 2 is 2.31 bits per heavy atom. The van der Waals surface area contributed by atoms with E-state index in [1.54, 1.807) is 12.5 Å². The monoisotopic (exact) mass is 221 g/mol. The first-order valence-corrected chi connectivity index (χ1v) is 5.96. The minimum Gasteiger partial charge on any atom is -0.355 e. The van der Waals surface area contributed by atoms with Gasteiger partial charge in [0.15, 0.2) is 0 Å². The summed E-state index contributed by atoms with van der Waals surface area (Å²) in [6.07, 6.45) is 8.71. The van der Waals surface area contributed by atoms with E-state index in [1.807, 2.05) is 0 Å². The van der Waals surface area contributed by atoms with Gasteiger partial charge in [0, 0.05) is 30.3 Å². The fraction of sp³-hybridized carbons (Fsp3) is 0.667. The average molecular weight is 221 g/mol. The molecule has 0 radical (unpaired) electrons. The van der Waals surface area contributed by atoms with Crippen molar-refractivity contribution in [1.29, 1.82) is 0 Å². The van der Waals surface area contributed by atoms with E-state index in [1.165, 1.54) is 12.8 Å². The normalized spacial score (nSPS) is 18.6. The molecule has 1 amide bonds. The van der Waals surface area contributed by atoms with E-state index in [9.17, 15) is 4.79 Å². The lowest BCUT2D eigenvalue weighted by Gasteiger charge is -2.22. The van der Waals surface area contributed by atoms with Gasteiger partial charge in [-0.2, -0.15) is 0 Å². The Hall–Kier alpha value is -1.32. The summed E-state index contributed by atoms with van der Waals surface area (Å²) in [6.45, 7) is 2.77. The van der Waals surface area contributed by atoms with E-state index in [0.29, 0.717) is 6.54 Å². The van der Waals surface area contributed by atoms with Crippen LogP contribution in [-0.4, -0.2) is 22.4 Å². The van der Waals surface area contributed by atoms with Gasteiger partial charge in [-0.15, -0.1) is 0 Å². The van der Waals surface area contributed by atoms with Crippen molar-refractivity contribution in [2.24, 2.45) is 5.41 Å². The fourth-order valence-electron chi connectivity index (χ4n) is 2.33. The largest absolute Gasteiger partial charge is 0.355 e. The van der Waals surface area contributed by atoms with Crippen molar-refractivity contribution in [2.45, 2.75) is 39.0 Å². The van der Waals surface area contributed by atoms with Crippen LogP contribution in [0.25, 0.3) is 0 Å². The highest BCUT2D eigenvalue weighted by Gasteiger charge is 2.35. The Morgan fingerprint density at radius 3 is 2.94 bits per heavy atom. The van der Waals surface area contributed by atoms with Crippen LogP contribution in [0.5, 0.6) is 0 Å². The molecule has 1 fully saturated rings. The maximum Gasteiger partial charge on any atom is 0.225 e. The number of carbonyl (C=O) groups is 1. The van der Waals surface area contributed by atoms with E-state index in [0.717, 1.165) is 25.0 Å². The van der Waals surface area contributed by atoms with Crippen molar-refractivity contribution in [3.63, 3.8) is 0 Å². The number of aromatic nitrogens is 2. The van der Waals surface area contributed by atoms with Gasteiger partial charge < -0.3 is 10.3 Å². The molecule has 1 saturated carbocycles. The third-order valence-electron chi connectivity index (χ3n) is 3.49. The summed E-state index contributed by atoms with van der Waals surface area (Å²) in [6, 6.07) is 0. The molecule has 1 aliphatic carbocycles. The number of rotatable bonds is 4. The molecule has 2 N–H and O–H groups in total.